The number of benzene rings is 1. The quantitative estimate of drug-likeness (QED) is 0.790. The minimum absolute atomic E-state index is 0.0715. The molecular formula is C16H16N4O3. The number of carbonyl (C=O) groups excluding carboxylic acids is 1. The van der Waals surface area contributed by atoms with Crippen LogP contribution in [0, 0.1) is 11.8 Å². The maximum atomic E-state index is 12.2. The van der Waals surface area contributed by atoms with E-state index < -0.39 is 6.09 Å². The smallest absolute Gasteiger partial charge is 0.407 e. The third-order valence-electron chi connectivity index (χ3n) is 4.69. The summed E-state index contributed by atoms with van der Waals surface area (Å²) in [5.41, 5.74) is 0.736. The molecule has 2 atom stereocenters. The zero-order valence-electron chi connectivity index (χ0n) is 12.3. The molecule has 118 valence electrons. The predicted octanol–water partition coefficient (Wildman–Crippen LogP) is 1.96. The van der Waals surface area contributed by atoms with Gasteiger partial charge in [0, 0.05) is 54.1 Å². The molecule has 7 nitrogen and oxygen atoms in total. The zero-order valence-corrected chi connectivity index (χ0v) is 12.3. The van der Waals surface area contributed by atoms with Gasteiger partial charge in [0.1, 0.15) is 0 Å². The minimum atomic E-state index is -0.884. The summed E-state index contributed by atoms with van der Waals surface area (Å²) >= 11 is 0. The Morgan fingerprint density at radius 2 is 2.00 bits per heavy atom. The van der Waals surface area contributed by atoms with Gasteiger partial charge in [-0.2, -0.15) is 0 Å². The van der Waals surface area contributed by atoms with Gasteiger partial charge < -0.3 is 20.6 Å². The molecular weight excluding hydrogens is 296 g/mol. The second kappa shape index (κ2) is 5.12. The van der Waals surface area contributed by atoms with E-state index in [9.17, 15) is 9.59 Å². The summed E-state index contributed by atoms with van der Waals surface area (Å²) in [5, 5.41) is 16.7. The molecule has 2 aliphatic rings. The van der Waals surface area contributed by atoms with Crippen LogP contribution in [0.1, 0.15) is 0 Å². The zero-order chi connectivity index (χ0) is 16.0. The van der Waals surface area contributed by atoms with E-state index in [0.717, 1.165) is 16.5 Å². The first-order valence-electron chi connectivity index (χ1n) is 7.51. The van der Waals surface area contributed by atoms with E-state index in [2.05, 4.69) is 15.6 Å². The number of urea groups is 1. The Morgan fingerprint density at radius 1 is 1.22 bits per heavy atom. The van der Waals surface area contributed by atoms with Gasteiger partial charge in [0.25, 0.3) is 0 Å². The second-order valence-electron chi connectivity index (χ2n) is 6.04. The Hall–Kier alpha value is -2.83. The molecule has 1 aromatic heterocycles. The molecule has 2 fully saturated rings. The molecule has 23 heavy (non-hydrogen) atoms. The lowest BCUT2D eigenvalue weighted by Crippen LogP contribution is -2.38. The Morgan fingerprint density at radius 3 is 2.74 bits per heavy atom. The third kappa shape index (κ3) is 2.44. The first-order valence-corrected chi connectivity index (χ1v) is 7.51. The van der Waals surface area contributed by atoms with Crippen LogP contribution < -0.4 is 10.6 Å². The summed E-state index contributed by atoms with van der Waals surface area (Å²) in [7, 11) is 0. The molecule has 1 aromatic carbocycles. The van der Waals surface area contributed by atoms with Crippen LogP contribution in [0.5, 0.6) is 0 Å². The molecule has 2 heterocycles. The molecule has 1 aliphatic heterocycles. The molecule has 4 rings (SSSR count). The molecule has 3 N–H and O–H groups in total. The lowest BCUT2D eigenvalue weighted by molar-refractivity contribution is 0.149. The molecule has 0 bridgehead atoms. The van der Waals surface area contributed by atoms with E-state index in [0.29, 0.717) is 13.1 Å². The number of hydrogen-bond donors (Lipinski definition) is 3. The summed E-state index contributed by atoms with van der Waals surface area (Å²) < 4.78 is 0. The van der Waals surface area contributed by atoms with Crippen molar-refractivity contribution < 1.29 is 14.7 Å². The van der Waals surface area contributed by atoms with Crippen LogP contribution in [0.25, 0.3) is 10.8 Å². The van der Waals surface area contributed by atoms with E-state index in [-0.39, 0.29) is 23.9 Å². The highest BCUT2D eigenvalue weighted by Crippen LogP contribution is 2.45. The van der Waals surface area contributed by atoms with Crippen LogP contribution in [0.2, 0.25) is 0 Å². The summed E-state index contributed by atoms with van der Waals surface area (Å²) in [6.45, 7) is 1.01. The predicted molar refractivity (Wildman–Crippen MR) is 84.3 cm³/mol. The van der Waals surface area contributed by atoms with Gasteiger partial charge in [-0.1, -0.05) is 12.1 Å². The van der Waals surface area contributed by atoms with Crippen molar-refractivity contribution in [1.82, 2.24) is 15.2 Å². The second-order valence-corrected chi connectivity index (χ2v) is 6.04. The fraction of sp³-hybridized carbons (Fsp3) is 0.312. The largest absolute Gasteiger partial charge is 0.465 e. The lowest BCUT2D eigenvalue weighted by atomic mass is 10.1. The standard InChI is InChI=1S/C16H16N4O3/c21-15(19-14-11-7-20(16(22)23)8-12(11)14)18-13-3-1-2-9-6-17-5-4-10(9)13/h1-6,11-12,14H,7-8H2,(H,22,23)(H2,18,19,21). The number of nitrogens with zero attached hydrogens (tertiary/aromatic N) is 2. The summed E-state index contributed by atoms with van der Waals surface area (Å²) in [6, 6.07) is 7.34. The number of aromatic nitrogens is 1. The number of amides is 3. The fourth-order valence-corrected chi connectivity index (χ4v) is 3.44. The van der Waals surface area contributed by atoms with Crippen molar-refractivity contribution >= 4 is 28.6 Å². The third-order valence-corrected chi connectivity index (χ3v) is 4.69. The van der Waals surface area contributed by atoms with Gasteiger partial charge in [-0.25, -0.2) is 9.59 Å². The molecule has 0 spiro atoms. The number of rotatable bonds is 2. The van der Waals surface area contributed by atoms with Crippen LogP contribution in [0.4, 0.5) is 15.3 Å². The van der Waals surface area contributed by atoms with Crippen molar-refractivity contribution in [3.63, 3.8) is 0 Å². The maximum absolute atomic E-state index is 12.2. The molecule has 2 unspecified atom stereocenters. The SMILES string of the molecule is O=C(Nc1cccc2cnccc12)NC1C2CN(C(=O)O)CC21. The van der Waals surface area contributed by atoms with Crippen molar-refractivity contribution in [2.45, 2.75) is 6.04 Å². The molecule has 7 heteroatoms. The summed E-state index contributed by atoms with van der Waals surface area (Å²) in [4.78, 5) is 28.5. The fourth-order valence-electron chi connectivity index (χ4n) is 3.44. The van der Waals surface area contributed by atoms with Gasteiger partial charge in [0.05, 0.1) is 5.69 Å². The average Bonchev–Trinajstić information content (AvgIpc) is 2.97. The number of anilines is 1. The van der Waals surface area contributed by atoms with Gasteiger partial charge in [-0.3, -0.25) is 4.98 Å². The van der Waals surface area contributed by atoms with Crippen molar-refractivity contribution in [3.05, 3.63) is 36.7 Å². The molecule has 1 saturated carbocycles. The van der Waals surface area contributed by atoms with Gasteiger partial charge in [-0.15, -0.1) is 0 Å². The number of piperidine rings is 1. The van der Waals surface area contributed by atoms with E-state index in [4.69, 9.17) is 5.11 Å². The molecule has 0 radical (unpaired) electrons. The van der Waals surface area contributed by atoms with E-state index in [1.54, 1.807) is 12.4 Å². The van der Waals surface area contributed by atoms with Crippen LogP contribution in [0.15, 0.2) is 36.7 Å². The summed E-state index contributed by atoms with van der Waals surface area (Å²) in [5.74, 6) is 0.488. The van der Waals surface area contributed by atoms with E-state index in [1.807, 2.05) is 24.3 Å². The van der Waals surface area contributed by atoms with E-state index >= 15 is 0 Å². The highest BCUT2D eigenvalue weighted by Gasteiger charge is 2.57. The van der Waals surface area contributed by atoms with E-state index in [1.165, 1.54) is 4.90 Å². The number of likely N-dealkylation sites (tertiary alicyclic amines) is 1. The first kappa shape index (κ1) is 13.8. The van der Waals surface area contributed by atoms with Gasteiger partial charge >= 0.3 is 12.1 Å². The van der Waals surface area contributed by atoms with Crippen molar-refractivity contribution in [2.24, 2.45) is 11.8 Å². The first-order chi connectivity index (χ1) is 11.1. The Bertz CT molecular complexity index is 776. The molecule has 1 aliphatic carbocycles. The molecule has 2 aromatic rings. The number of carboxylic acid groups (broad SMARTS) is 1. The highest BCUT2D eigenvalue weighted by molar-refractivity contribution is 6.01. The number of carbonyl (C=O) groups is 2. The number of nitrogens with one attached hydrogen (secondary N) is 2. The number of hydrogen-bond acceptors (Lipinski definition) is 3. The van der Waals surface area contributed by atoms with Crippen LogP contribution >= 0.6 is 0 Å². The van der Waals surface area contributed by atoms with Crippen molar-refractivity contribution in [1.29, 1.82) is 0 Å². The average molecular weight is 312 g/mol. The Labute approximate surface area is 132 Å². The number of pyridine rings is 1. The Balaban J connectivity index is 1.39. The summed E-state index contributed by atoms with van der Waals surface area (Å²) in [6.07, 6.45) is 2.56. The van der Waals surface area contributed by atoms with Gasteiger partial charge in [-0.05, 0) is 12.1 Å². The van der Waals surface area contributed by atoms with Crippen LogP contribution in [0.3, 0.4) is 0 Å². The number of fused-ring (bicyclic) bond motifs is 2. The lowest BCUT2D eigenvalue weighted by Gasteiger charge is -2.17. The van der Waals surface area contributed by atoms with Gasteiger partial charge in [0.2, 0.25) is 0 Å². The van der Waals surface area contributed by atoms with Crippen LogP contribution in [-0.4, -0.2) is 46.2 Å². The van der Waals surface area contributed by atoms with Crippen molar-refractivity contribution in [2.75, 3.05) is 18.4 Å². The molecule has 3 amide bonds. The minimum Gasteiger partial charge on any atom is -0.465 e. The normalized spacial score (nSPS) is 25.0. The highest BCUT2D eigenvalue weighted by atomic mass is 16.4. The monoisotopic (exact) mass is 312 g/mol. The molecule has 1 saturated heterocycles. The Kier molecular flexibility index (Phi) is 3.07. The maximum Gasteiger partial charge on any atom is 0.407 e. The van der Waals surface area contributed by atoms with Crippen molar-refractivity contribution in [3.8, 4) is 0 Å². The van der Waals surface area contributed by atoms with Gasteiger partial charge in [0.15, 0.2) is 0 Å². The topological polar surface area (TPSA) is 94.6 Å². The van der Waals surface area contributed by atoms with Crippen LogP contribution in [-0.2, 0) is 0 Å².